The Bertz CT molecular complexity index is 796. The average Bonchev–Trinajstić information content (AvgIpc) is 3.00. The highest BCUT2D eigenvalue weighted by Gasteiger charge is 2.29. The van der Waals surface area contributed by atoms with Crippen LogP contribution < -0.4 is 0 Å². The minimum absolute atomic E-state index is 0.00534. The van der Waals surface area contributed by atoms with Crippen molar-refractivity contribution in [3.8, 4) is 0 Å². The topological polar surface area (TPSA) is 43.1 Å². The SMILES string of the molecule is CC1Sc2nnc(C3CCCCC3)n2N=C1c1ccc(F)c(F)c1. The third kappa shape index (κ3) is 2.75. The van der Waals surface area contributed by atoms with Gasteiger partial charge < -0.3 is 0 Å². The number of hydrogen-bond donors (Lipinski definition) is 0. The van der Waals surface area contributed by atoms with Gasteiger partial charge in [0.05, 0.1) is 11.0 Å². The van der Waals surface area contributed by atoms with Gasteiger partial charge in [0.1, 0.15) is 0 Å². The Morgan fingerprint density at radius 1 is 1.08 bits per heavy atom. The van der Waals surface area contributed by atoms with Gasteiger partial charge >= 0.3 is 0 Å². The number of aromatic nitrogens is 3. The summed E-state index contributed by atoms with van der Waals surface area (Å²) in [7, 11) is 0. The monoisotopic (exact) mass is 348 g/mol. The molecule has 1 aliphatic heterocycles. The molecule has 1 saturated carbocycles. The van der Waals surface area contributed by atoms with Gasteiger partial charge in [0.15, 0.2) is 17.5 Å². The van der Waals surface area contributed by atoms with Crippen molar-refractivity contribution in [1.29, 1.82) is 0 Å². The van der Waals surface area contributed by atoms with Gasteiger partial charge in [-0.1, -0.05) is 31.0 Å². The molecular formula is C17H18F2N4S. The van der Waals surface area contributed by atoms with Crippen LogP contribution in [0, 0.1) is 11.6 Å². The number of nitrogens with zero attached hydrogens (tertiary/aromatic N) is 4. The van der Waals surface area contributed by atoms with Gasteiger partial charge in [-0.3, -0.25) is 0 Å². The summed E-state index contributed by atoms with van der Waals surface area (Å²) in [4.78, 5) is 0. The van der Waals surface area contributed by atoms with Crippen molar-refractivity contribution < 1.29 is 8.78 Å². The van der Waals surface area contributed by atoms with E-state index in [9.17, 15) is 8.78 Å². The van der Waals surface area contributed by atoms with E-state index in [-0.39, 0.29) is 5.25 Å². The first kappa shape index (κ1) is 15.7. The van der Waals surface area contributed by atoms with Crippen LogP contribution in [0.25, 0.3) is 0 Å². The smallest absolute Gasteiger partial charge is 0.204 e. The molecule has 1 unspecified atom stereocenters. The Morgan fingerprint density at radius 3 is 2.62 bits per heavy atom. The lowest BCUT2D eigenvalue weighted by atomic mass is 9.89. The van der Waals surface area contributed by atoms with Crippen LogP contribution in [-0.2, 0) is 0 Å². The Hall–Kier alpha value is -1.76. The zero-order chi connectivity index (χ0) is 16.7. The van der Waals surface area contributed by atoms with Crippen LogP contribution in [0.2, 0.25) is 0 Å². The molecular weight excluding hydrogens is 330 g/mol. The molecule has 0 radical (unpaired) electrons. The standard InChI is InChI=1S/C17H18F2N4S/c1-10-15(12-7-8-13(18)14(19)9-12)22-23-16(20-21-17(23)24-10)11-5-3-2-4-6-11/h7-11H,2-6H2,1H3. The molecule has 1 fully saturated rings. The second-order valence-electron chi connectivity index (χ2n) is 6.36. The molecule has 2 aromatic rings. The number of benzene rings is 1. The molecule has 4 rings (SSSR count). The van der Waals surface area contributed by atoms with E-state index in [0.29, 0.717) is 11.5 Å². The van der Waals surface area contributed by atoms with E-state index in [2.05, 4.69) is 10.2 Å². The second-order valence-corrected chi connectivity index (χ2v) is 7.67. The largest absolute Gasteiger partial charge is 0.212 e. The Kier molecular flexibility index (Phi) is 4.12. The van der Waals surface area contributed by atoms with Crippen LogP contribution in [0.4, 0.5) is 8.78 Å². The Labute approximate surface area is 143 Å². The number of fused-ring (bicyclic) bond motifs is 1. The number of hydrogen-bond acceptors (Lipinski definition) is 4. The number of halogens is 2. The van der Waals surface area contributed by atoms with E-state index in [1.807, 2.05) is 6.92 Å². The van der Waals surface area contributed by atoms with E-state index < -0.39 is 11.6 Å². The molecule has 4 nitrogen and oxygen atoms in total. The molecule has 0 spiro atoms. The third-order valence-corrected chi connectivity index (χ3v) is 5.74. The fourth-order valence-electron chi connectivity index (χ4n) is 3.41. The molecule has 2 aliphatic rings. The lowest BCUT2D eigenvalue weighted by Gasteiger charge is -2.23. The molecule has 0 N–H and O–H groups in total. The average molecular weight is 348 g/mol. The first-order valence-corrected chi connectivity index (χ1v) is 9.17. The number of rotatable bonds is 2. The minimum atomic E-state index is -0.852. The van der Waals surface area contributed by atoms with Gasteiger partial charge in [-0.05, 0) is 38.0 Å². The first-order chi connectivity index (χ1) is 11.6. The second kappa shape index (κ2) is 6.27. The van der Waals surface area contributed by atoms with Crippen LogP contribution in [-0.4, -0.2) is 25.8 Å². The summed E-state index contributed by atoms with van der Waals surface area (Å²) in [5, 5.41) is 14.1. The fourth-order valence-corrected chi connectivity index (χ4v) is 4.34. The molecule has 126 valence electrons. The highest BCUT2D eigenvalue weighted by atomic mass is 32.2. The summed E-state index contributed by atoms with van der Waals surface area (Å²) in [5.74, 6) is -0.425. The van der Waals surface area contributed by atoms with Gasteiger partial charge in [-0.2, -0.15) is 9.78 Å². The van der Waals surface area contributed by atoms with E-state index in [1.165, 1.54) is 25.3 Å². The summed E-state index contributed by atoms with van der Waals surface area (Å²) >= 11 is 1.55. The first-order valence-electron chi connectivity index (χ1n) is 8.30. The summed E-state index contributed by atoms with van der Waals surface area (Å²) in [6.45, 7) is 1.99. The van der Waals surface area contributed by atoms with Gasteiger partial charge in [0, 0.05) is 11.5 Å². The molecule has 2 heterocycles. The molecule has 0 saturated heterocycles. The predicted octanol–water partition coefficient (Wildman–Crippen LogP) is 4.35. The van der Waals surface area contributed by atoms with Crippen LogP contribution in [0.5, 0.6) is 0 Å². The summed E-state index contributed by atoms with van der Waals surface area (Å²) < 4.78 is 28.6. The highest BCUT2D eigenvalue weighted by Crippen LogP contribution is 2.36. The molecule has 24 heavy (non-hydrogen) atoms. The van der Waals surface area contributed by atoms with Crippen LogP contribution in [0.1, 0.15) is 56.3 Å². The van der Waals surface area contributed by atoms with Crippen molar-refractivity contribution in [3.63, 3.8) is 0 Å². The maximum atomic E-state index is 13.6. The Morgan fingerprint density at radius 2 is 1.88 bits per heavy atom. The van der Waals surface area contributed by atoms with Gasteiger partial charge in [-0.15, -0.1) is 10.2 Å². The third-order valence-electron chi connectivity index (χ3n) is 4.70. The molecule has 0 amide bonds. The predicted molar refractivity (Wildman–Crippen MR) is 89.5 cm³/mol. The van der Waals surface area contributed by atoms with Gasteiger partial charge in [-0.25, -0.2) is 8.78 Å². The Balaban J connectivity index is 1.74. The molecule has 0 bridgehead atoms. The maximum absolute atomic E-state index is 13.6. The van der Waals surface area contributed by atoms with Crippen molar-refractivity contribution in [2.45, 2.75) is 55.4 Å². The minimum Gasteiger partial charge on any atom is -0.204 e. The van der Waals surface area contributed by atoms with Crippen molar-refractivity contribution in [1.82, 2.24) is 14.9 Å². The summed E-state index contributed by atoms with van der Waals surface area (Å²) in [6, 6.07) is 3.93. The van der Waals surface area contributed by atoms with Gasteiger partial charge in [0.25, 0.3) is 0 Å². The lowest BCUT2D eigenvalue weighted by Crippen LogP contribution is -2.23. The molecule has 1 aliphatic carbocycles. The van der Waals surface area contributed by atoms with E-state index in [0.717, 1.165) is 35.6 Å². The zero-order valence-corrected chi connectivity index (χ0v) is 14.2. The lowest BCUT2D eigenvalue weighted by molar-refractivity contribution is 0.417. The molecule has 1 aromatic carbocycles. The van der Waals surface area contributed by atoms with E-state index in [1.54, 1.807) is 22.5 Å². The van der Waals surface area contributed by atoms with Crippen LogP contribution in [0.3, 0.4) is 0 Å². The van der Waals surface area contributed by atoms with Crippen molar-refractivity contribution in [2.75, 3.05) is 0 Å². The number of thioether (sulfide) groups is 1. The quantitative estimate of drug-likeness (QED) is 0.810. The maximum Gasteiger partial charge on any atom is 0.212 e. The van der Waals surface area contributed by atoms with Crippen LogP contribution in [0.15, 0.2) is 28.5 Å². The summed E-state index contributed by atoms with van der Waals surface area (Å²) in [6.07, 6.45) is 5.89. The zero-order valence-electron chi connectivity index (χ0n) is 13.4. The van der Waals surface area contributed by atoms with E-state index in [4.69, 9.17) is 5.10 Å². The van der Waals surface area contributed by atoms with Crippen molar-refractivity contribution >= 4 is 17.5 Å². The fraction of sp³-hybridized carbons (Fsp3) is 0.471. The molecule has 7 heteroatoms. The normalized spacial score (nSPS) is 21.5. The summed E-state index contributed by atoms with van der Waals surface area (Å²) in [5.41, 5.74) is 1.33. The van der Waals surface area contributed by atoms with Crippen LogP contribution >= 0.6 is 11.8 Å². The van der Waals surface area contributed by atoms with Crippen molar-refractivity contribution in [3.05, 3.63) is 41.2 Å². The van der Waals surface area contributed by atoms with E-state index >= 15 is 0 Å². The molecule has 1 atom stereocenters. The van der Waals surface area contributed by atoms with Crippen molar-refractivity contribution in [2.24, 2.45) is 5.10 Å². The van der Waals surface area contributed by atoms with Gasteiger partial charge in [0.2, 0.25) is 5.16 Å². The molecule has 1 aromatic heterocycles. The highest BCUT2D eigenvalue weighted by molar-refractivity contribution is 8.00.